The zero-order valence-corrected chi connectivity index (χ0v) is 24.0. The third-order valence-electron chi connectivity index (χ3n) is 8.17. The number of amides is 4. The fourth-order valence-electron chi connectivity index (χ4n) is 5.88. The highest BCUT2D eigenvalue weighted by atomic mass is 35.5. The highest BCUT2D eigenvalue weighted by Crippen LogP contribution is 2.65. The van der Waals surface area contributed by atoms with Crippen LogP contribution in [-0.4, -0.2) is 63.6 Å². The molecule has 0 spiro atoms. The van der Waals surface area contributed by atoms with Crippen molar-refractivity contribution in [3.05, 3.63) is 22.8 Å². The Bertz CT molecular complexity index is 1310. The Morgan fingerprint density at radius 2 is 1.95 bits per heavy atom. The Hall–Kier alpha value is -3.04. The molecule has 3 aliphatic rings. The number of hydrogen-bond donors (Lipinski definition) is 3. The van der Waals surface area contributed by atoms with Crippen LogP contribution in [0.25, 0.3) is 0 Å². The fraction of sp³-hybridized carbons (Fsp3) is 0.615. The molecule has 1 saturated heterocycles. The number of rotatable bonds is 7. The largest absolute Gasteiger partial charge is 0.399 e. The van der Waals surface area contributed by atoms with E-state index < -0.39 is 52.6 Å². The summed E-state index contributed by atoms with van der Waals surface area (Å²) in [7, 11) is 0. The molecule has 3 N–H and O–H groups in total. The molecule has 3 heterocycles. The van der Waals surface area contributed by atoms with E-state index in [2.05, 4.69) is 15.6 Å². The van der Waals surface area contributed by atoms with E-state index in [1.165, 1.54) is 11.1 Å². The molecule has 0 aromatic carbocycles. The van der Waals surface area contributed by atoms with Gasteiger partial charge in [0.15, 0.2) is 0 Å². The van der Waals surface area contributed by atoms with E-state index in [4.69, 9.17) is 23.2 Å². The number of nitrogens with one attached hydrogen (secondary N) is 3. The summed E-state index contributed by atoms with van der Waals surface area (Å²) < 4.78 is 26.9. The fourth-order valence-corrected chi connectivity index (χ4v) is 6.10. The predicted octanol–water partition coefficient (Wildman–Crippen LogP) is 3.01. The molecule has 1 aromatic heterocycles. The number of aromatic nitrogens is 1. The van der Waals surface area contributed by atoms with Gasteiger partial charge in [-0.05, 0) is 46.8 Å². The summed E-state index contributed by atoms with van der Waals surface area (Å²) in [6.07, 6.45) is 1.32. The number of pyridine rings is 1. The van der Waals surface area contributed by atoms with Crippen LogP contribution in [0.1, 0.15) is 52.5 Å². The van der Waals surface area contributed by atoms with Crippen molar-refractivity contribution in [2.24, 2.45) is 22.7 Å². The first-order valence-electron chi connectivity index (χ1n) is 12.7. The number of piperidine rings is 1. The Morgan fingerprint density at radius 3 is 2.52 bits per heavy atom. The van der Waals surface area contributed by atoms with E-state index in [1.807, 2.05) is 25.2 Å². The maximum Gasteiger partial charge on any atom is 0.399 e. The lowest BCUT2D eigenvalue weighted by Crippen LogP contribution is -2.61. The Labute approximate surface area is 240 Å². The Kier molecular flexibility index (Phi) is 7.56. The molecular weight excluding hydrogens is 569 g/mol. The summed E-state index contributed by atoms with van der Waals surface area (Å²) in [4.78, 5) is 57.3. The molecule has 14 heteroatoms. The first kappa shape index (κ1) is 29.9. The molecule has 0 radical (unpaired) electrons. The van der Waals surface area contributed by atoms with Gasteiger partial charge in [0.1, 0.15) is 23.9 Å². The summed E-state index contributed by atoms with van der Waals surface area (Å²) in [6.45, 7) is 8.87. The minimum atomic E-state index is -4.22. The van der Waals surface area contributed by atoms with E-state index in [9.17, 15) is 33.2 Å². The van der Waals surface area contributed by atoms with Crippen molar-refractivity contribution in [1.82, 2.24) is 20.5 Å². The topological polar surface area (TPSA) is 144 Å². The zero-order valence-electron chi connectivity index (χ0n) is 22.5. The van der Waals surface area contributed by atoms with Crippen LogP contribution in [0.5, 0.6) is 0 Å². The van der Waals surface area contributed by atoms with E-state index in [0.717, 1.165) is 0 Å². The number of anilines is 1. The lowest BCUT2D eigenvalue weighted by molar-refractivity contribution is -0.148. The normalized spacial score (nSPS) is 26.1. The Morgan fingerprint density at radius 1 is 1.30 bits per heavy atom. The monoisotopic (exact) mass is 598 g/mol. The van der Waals surface area contributed by atoms with Gasteiger partial charge < -0.3 is 20.9 Å². The lowest BCUT2D eigenvalue weighted by atomic mass is 9.85. The first-order valence-corrected chi connectivity index (χ1v) is 13.5. The third-order valence-corrected chi connectivity index (χ3v) is 8.55. The summed E-state index contributed by atoms with van der Waals surface area (Å²) in [5.41, 5.74) is -0.767. The molecule has 4 amide bonds. The van der Waals surface area contributed by atoms with Crippen LogP contribution in [0.3, 0.4) is 0 Å². The molecule has 40 heavy (non-hydrogen) atoms. The molecule has 2 unspecified atom stereocenters. The molecule has 4 rings (SSSR count). The van der Waals surface area contributed by atoms with E-state index >= 15 is 0 Å². The van der Waals surface area contributed by atoms with Crippen LogP contribution >= 0.6 is 23.2 Å². The van der Waals surface area contributed by atoms with Crippen LogP contribution in [0.4, 0.5) is 14.6 Å². The number of carbonyl (C=O) groups is 4. The highest BCUT2D eigenvalue weighted by Gasteiger charge is 2.70. The molecule has 216 valence electrons. The molecule has 1 aliphatic carbocycles. The SMILES string of the molecule is CC(C)(C)C(NC(=O)C(F)(F)Cl)C(=O)N1C[C@H]2[C@@H]([C@H]1C(=O)N[C@H](C#N)CC1C(=O)Nc3ncc(Cl)cc31)C2(C)C. The number of halogens is 4. The van der Waals surface area contributed by atoms with Gasteiger partial charge >= 0.3 is 11.3 Å². The zero-order chi connectivity index (χ0) is 29.9. The quantitative estimate of drug-likeness (QED) is 0.411. The molecule has 2 fully saturated rings. The van der Waals surface area contributed by atoms with Gasteiger partial charge in [-0.15, -0.1) is 0 Å². The summed E-state index contributed by atoms with van der Waals surface area (Å²) >= 11 is 10.9. The maximum atomic E-state index is 13.7. The highest BCUT2D eigenvalue weighted by molar-refractivity contribution is 6.32. The Balaban J connectivity index is 1.55. The number of fused-ring (bicyclic) bond motifs is 2. The molecule has 1 saturated carbocycles. The number of nitriles is 1. The summed E-state index contributed by atoms with van der Waals surface area (Å²) in [5.74, 6) is -4.27. The minimum Gasteiger partial charge on any atom is -0.339 e. The molecule has 2 aliphatic heterocycles. The minimum absolute atomic E-state index is 0.0424. The van der Waals surface area contributed by atoms with E-state index in [-0.39, 0.29) is 36.1 Å². The molecular formula is C26H30Cl2F2N6O4. The van der Waals surface area contributed by atoms with Crippen molar-refractivity contribution in [3.63, 3.8) is 0 Å². The molecule has 6 atom stereocenters. The second-order valence-corrected chi connectivity index (χ2v) is 13.1. The summed E-state index contributed by atoms with van der Waals surface area (Å²) in [5, 5.41) is 13.3. The molecule has 1 aromatic rings. The van der Waals surface area contributed by atoms with Gasteiger partial charge in [-0.2, -0.15) is 14.0 Å². The van der Waals surface area contributed by atoms with Gasteiger partial charge in [-0.25, -0.2) is 4.98 Å². The van der Waals surface area contributed by atoms with Gasteiger partial charge in [0.25, 0.3) is 0 Å². The summed E-state index contributed by atoms with van der Waals surface area (Å²) in [6, 6.07) is 0.0711. The van der Waals surface area contributed by atoms with Crippen molar-refractivity contribution in [2.75, 3.05) is 11.9 Å². The molecule has 10 nitrogen and oxygen atoms in total. The van der Waals surface area contributed by atoms with Crippen LogP contribution in [-0.2, 0) is 19.2 Å². The smallest absolute Gasteiger partial charge is 0.339 e. The van der Waals surface area contributed by atoms with Crippen LogP contribution in [0, 0.1) is 34.0 Å². The maximum absolute atomic E-state index is 13.7. The van der Waals surface area contributed by atoms with Crippen molar-refractivity contribution in [3.8, 4) is 6.07 Å². The van der Waals surface area contributed by atoms with Crippen LogP contribution in [0.15, 0.2) is 12.3 Å². The number of likely N-dealkylation sites (tertiary alicyclic amines) is 1. The first-order chi connectivity index (χ1) is 18.4. The number of nitrogens with zero attached hydrogens (tertiary/aromatic N) is 3. The molecule has 0 bridgehead atoms. The van der Waals surface area contributed by atoms with Crippen molar-refractivity contribution < 1.29 is 28.0 Å². The van der Waals surface area contributed by atoms with Crippen molar-refractivity contribution >= 4 is 52.6 Å². The predicted molar refractivity (Wildman–Crippen MR) is 141 cm³/mol. The van der Waals surface area contributed by atoms with Gasteiger partial charge in [0.2, 0.25) is 17.7 Å². The lowest BCUT2D eigenvalue weighted by Gasteiger charge is -2.38. The number of hydrogen-bond acceptors (Lipinski definition) is 6. The number of alkyl halides is 3. The van der Waals surface area contributed by atoms with E-state index in [1.54, 1.807) is 26.8 Å². The van der Waals surface area contributed by atoms with Crippen LogP contribution in [0.2, 0.25) is 5.02 Å². The second kappa shape index (κ2) is 10.1. The van der Waals surface area contributed by atoms with Crippen molar-refractivity contribution in [1.29, 1.82) is 5.26 Å². The van der Waals surface area contributed by atoms with Crippen LogP contribution < -0.4 is 16.0 Å². The van der Waals surface area contributed by atoms with Gasteiger partial charge in [0, 0.05) is 18.3 Å². The van der Waals surface area contributed by atoms with E-state index in [0.29, 0.717) is 16.4 Å². The average molecular weight is 599 g/mol. The average Bonchev–Trinajstić information content (AvgIpc) is 3.14. The van der Waals surface area contributed by atoms with Gasteiger partial charge in [-0.3, -0.25) is 19.2 Å². The van der Waals surface area contributed by atoms with Gasteiger partial charge in [0.05, 0.1) is 17.0 Å². The standard InChI is InChI=1S/C26H30Cl2F2N6O4/c1-24(2,3)18(34-23(40)26(28,29)30)22(39)36-10-15-16(25(15,4)5)17(36)21(38)33-12(8-31)7-14-13-6-11(27)9-32-19(13)35-20(14)37/h6,9,12,14-18H,7,10H2,1-5H3,(H,33,38)(H,34,40)(H,32,35,37)/t12-,14?,15-,16-,17-,18?/m0/s1. The van der Waals surface area contributed by atoms with Gasteiger partial charge in [-0.1, -0.05) is 46.2 Å². The van der Waals surface area contributed by atoms with Crippen molar-refractivity contribution in [2.45, 2.75) is 70.5 Å². The number of carbonyl (C=O) groups excluding carboxylic acids is 4. The third kappa shape index (κ3) is 5.46. The second-order valence-electron chi connectivity index (χ2n) is 12.2.